The minimum absolute atomic E-state index is 0.149. The van der Waals surface area contributed by atoms with Gasteiger partial charge in [0.2, 0.25) is 5.88 Å². The molecule has 0 radical (unpaired) electrons. The molecule has 0 bridgehead atoms. The van der Waals surface area contributed by atoms with E-state index in [1.165, 1.54) is 0 Å². The molecule has 3 heterocycles. The highest BCUT2D eigenvalue weighted by atomic mass is 32.2. The predicted octanol–water partition coefficient (Wildman–Crippen LogP) is 1.40. The predicted molar refractivity (Wildman–Crippen MR) is 87.6 cm³/mol. The van der Waals surface area contributed by atoms with Crippen molar-refractivity contribution in [3.05, 3.63) is 30.7 Å². The summed E-state index contributed by atoms with van der Waals surface area (Å²) in [6.07, 6.45) is 6.53. The van der Waals surface area contributed by atoms with Gasteiger partial charge in [0, 0.05) is 24.6 Å². The third kappa shape index (κ3) is 4.10. The van der Waals surface area contributed by atoms with Crippen LogP contribution in [0.15, 0.2) is 30.7 Å². The maximum absolute atomic E-state index is 11.6. The summed E-state index contributed by atoms with van der Waals surface area (Å²) < 4.78 is 30.5. The second-order valence-corrected chi connectivity index (χ2v) is 7.51. The van der Waals surface area contributed by atoms with Crippen molar-refractivity contribution in [1.82, 2.24) is 14.5 Å². The number of carboxylic acid groups (broad SMARTS) is 1. The Morgan fingerprint density at radius 3 is 2.58 bits per heavy atom. The Kier molecular flexibility index (Phi) is 5.91. The first-order chi connectivity index (χ1) is 11.5. The second-order valence-electron chi connectivity index (χ2n) is 5.21. The molecule has 0 aliphatic carbocycles. The third-order valence-corrected chi connectivity index (χ3v) is 5.51. The summed E-state index contributed by atoms with van der Waals surface area (Å²) in [5.41, 5.74) is 0.818. The molecule has 1 saturated heterocycles. The Morgan fingerprint density at radius 2 is 1.96 bits per heavy atom. The first kappa shape index (κ1) is 17.9. The maximum atomic E-state index is 11.6. The van der Waals surface area contributed by atoms with E-state index in [1.54, 1.807) is 19.5 Å². The minimum atomic E-state index is -2.87. The Hall–Kier alpha value is -2.42. The number of methoxy groups -OCH3 is 1. The van der Waals surface area contributed by atoms with Crippen LogP contribution >= 0.6 is 0 Å². The Bertz CT molecular complexity index is 774. The van der Waals surface area contributed by atoms with Crippen LogP contribution in [0.3, 0.4) is 0 Å². The molecule has 0 saturated carbocycles. The number of hydrogen-bond acceptors (Lipinski definition) is 6. The number of sulfone groups is 1. The number of ether oxygens (including phenoxy) is 1. The van der Waals surface area contributed by atoms with Crippen LogP contribution in [-0.2, 0) is 14.6 Å². The van der Waals surface area contributed by atoms with E-state index in [2.05, 4.69) is 9.97 Å². The summed E-state index contributed by atoms with van der Waals surface area (Å²) in [5, 5.41) is 6.89. The molecule has 1 fully saturated rings. The molecule has 0 atom stereocenters. The molecule has 0 amide bonds. The molecule has 1 aliphatic heterocycles. The standard InChI is InChI=1S/C14H17N3O3S.CH2O2/c1-20-14-12(3-2-6-16-14)13-15-7-8-17(13)11-4-9-21(18,19)10-5-11;2-1-3/h2-3,6-8,11H,4-5,9-10H2,1H3;1H,(H,2,3). The van der Waals surface area contributed by atoms with Crippen molar-refractivity contribution < 1.29 is 23.1 Å². The molecular formula is C15H19N3O5S. The van der Waals surface area contributed by atoms with Gasteiger partial charge in [0.25, 0.3) is 6.47 Å². The van der Waals surface area contributed by atoms with Crippen molar-refractivity contribution in [3.63, 3.8) is 0 Å². The lowest BCUT2D eigenvalue weighted by Crippen LogP contribution is -2.25. The minimum Gasteiger partial charge on any atom is -0.483 e. The van der Waals surface area contributed by atoms with Crippen LogP contribution in [0.25, 0.3) is 11.4 Å². The lowest BCUT2D eigenvalue weighted by Gasteiger charge is -2.25. The summed E-state index contributed by atoms with van der Waals surface area (Å²) in [4.78, 5) is 17.0. The van der Waals surface area contributed by atoms with E-state index in [4.69, 9.17) is 14.6 Å². The average Bonchev–Trinajstić information content (AvgIpc) is 3.05. The molecule has 0 unspecified atom stereocenters. The van der Waals surface area contributed by atoms with Crippen LogP contribution < -0.4 is 4.74 Å². The summed E-state index contributed by atoms with van der Waals surface area (Å²) in [5.74, 6) is 1.76. The number of hydrogen-bond donors (Lipinski definition) is 1. The Morgan fingerprint density at radius 1 is 1.29 bits per heavy atom. The molecule has 130 valence electrons. The number of nitrogens with zero attached hydrogens (tertiary/aromatic N) is 3. The van der Waals surface area contributed by atoms with Crippen LogP contribution in [0, 0.1) is 0 Å². The molecule has 0 spiro atoms. The van der Waals surface area contributed by atoms with Gasteiger partial charge < -0.3 is 14.4 Å². The molecule has 9 heteroatoms. The summed E-state index contributed by atoms with van der Waals surface area (Å²) in [7, 11) is -1.29. The summed E-state index contributed by atoms with van der Waals surface area (Å²) in [6.45, 7) is -0.250. The van der Waals surface area contributed by atoms with E-state index in [0.717, 1.165) is 11.4 Å². The van der Waals surface area contributed by atoms with Crippen LogP contribution in [-0.4, -0.2) is 53.1 Å². The SMILES string of the molecule is COc1ncccc1-c1nccn1C1CCS(=O)(=O)CC1.O=CO. The van der Waals surface area contributed by atoms with Crippen molar-refractivity contribution >= 4 is 16.3 Å². The molecule has 8 nitrogen and oxygen atoms in total. The first-order valence-electron chi connectivity index (χ1n) is 7.33. The van der Waals surface area contributed by atoms with E-state index < -0.39 is 9.84 Å². The topological polar surface area (TPSA) is 111 Å². The van der Waals surface area contributed by atoms with Crippen LogP contribution in [0.4, 0.5) is 0 Å². The van der Waals surface area contributed by atoms with Gasteiger partial charge in [-0.05, 0) is 25.0 Å². The molecule has 2 aromatic heterocycles. The lowest BCUT2D eigenvalue weighted by atomic mass is 10.1. The van der Waals surface area contributed by atoms with Crippen molar-refractivity contribution in [1.29, 1.82) is 0 Å². The summed E-state index contributed by atoms with van der Waals surface area (Å²) >= 11 is 0. The zero-order chi connectivity index (χ0) is 17.6. The highest BCUT2D eigenvalue weighted by molar-refractivity contribution is 7.91. The largest absolute Gasteiger partial charge is 0.483 e. The van der Waals surface area contributed by atoms with Crippen molar-refractivity contribution in [2.45, 2.75) is 18.9 Å². The number of rotatable bonds is 3. The monoisotopic (exact) mass is 353 g/mol. The van der Waals surface area contributed by atoms with Crippen molar-refractivity contribution in [2.24, 2.45) is 0 Å². The molecule has 1 N–H and O–H groups in total. The van der Waals surface area contributed by atoms with Gasteiger partial charge in [-0.15, -0.1) is 0 Å². The highest BCUT2D eigenvalue weighted by Crippen LogP contribution is 2.32. The summed E-state index contributed by atoms with van der Waals surface area (Å²) in [6, 6.07) is 3.89. The average molecular weight is 353 g/mol. The van der Waals surface area contributed by atoms with Gasteiger partial charge in [-0.1, -0.05) is 0 Å². The van der Waals surface area contributed by atoms with Crippen LogP contribution in [0.2, 0.25) is 0 Å². The quantitative estimate of drug-likeness (QED) is 0.830. The van der Waals surface area contributed by atoms with Crippen molar-refractivity contribution in [3.8, 4) is 17.3 Å². The number of pyridine rings is 1. The van der Waals surface area contributed by atoms with E-state index >= 15 is 0 Å². The normalized spacial score (nSPS) is 16.7. The van der Waals surface area contributed by atoms with Gasteiger partial charge >= 0.3 is 0 Å². The molecule has 3 rings (SSSR count). The van der Waals surface area contributed by atoms with Gasteiger partial charge in [-0.2, -0.15) is 0 Å². The smallest absolute Gasteiger partial charge is 0.290 e. The second kappa shape index (κ2) is 7.91. The van der Waals surface area contributed by atoms with Gasteiger partial charge in [0.1, 0.15) is 15.7 Å². The molecular weight excluding hydrogens is 334 g/mol. The fourth-order valence-corrected chi connectivity index (χ4v) is 4.16. The Balaban J connectivity index is 0.000000647. The molecule has 0 aromatic carbocycles. The Labute approximate surface area is 140 Å². The van der Waals surface area contributed by atoms with Crippen LogP contribution in [0.1, 0.15) is 18.9 Å². The zero-order valence-electron chi connectivity index (χ0n) is 13.2. The van der Waals surface area contributed by atoms with E-state index in [1.807, 2.05) is 22.9 Å². The molecule has 1 aliphatic rings. The fourth-order valence-electron chi connectivity index (χ4n) is 2.70. The first-order valence-corrected chi connectivity index (χ1v) is 9.15. The number of aromatic nitrogens is 3. The lowest BCUT2D eigenvalue weighted by molar-refractivity contribution is -0.122. The third-order valence-electron chi connectivity index (χ3n) is 3.79. The van der Waals surface area contributed by atoms with E-state index in [0.29, 0.717) is 18.7 Å². The fraction of sp³-hybridized carbons (Fsp3) is 0.400. The zero-order valence-corrected chi connectivity index (χ0v) is 14.0. The van der Waals surface area contributed by atoms with Crippen molar-refractivity contribution in [2.75, 3.05) is 18.6 Å². The number of carbonyl (C=O) groups is 1. The van der Waals surface area contributed by atoms with Crippen LogP contribution in [0.5, 0.6) is 5.88 Å². The van der Waals surface area contributed by atoms with E-state index in [9.17, 15) is 8.42 Å². The van der Waals surface area contributed by atoms with Gasteiger partial charge in [0.15, 0.2) is 0 Å². The van der Waals surface area contributed by atoms with Gasteiger partial charge in [0.05, 0.1) is 24.2 Å². The highest BCUT2D eigenvalue weighted by Gasteiger charge is 2.26. The molecule has 24 heavy (non-hydrogen) atoms. The molecule has 2 aromatic rings. The van der Waals surface area contributed by atoms with Gasteiger partial charge in [-0.25, -0.2) is 18.4 Å². The number of imidazole rings is 1. The maximum Gasteiger partial charge on any atom is 0.290 e. The van der Waals surface area contributed by atoms with E-state index in [-0.39, 0.29) is 24.0 Å². The van der Waals surface area contributed by atoms with Gasteiger partial charge in [-0.3, -0.25) is 4.79 Å².